The van der Waals surface area contributed by atoms with Crippen LogP contribution < -0.4 is 5.56 Å². The smallest absolute Gasteiger partial charge is 0.267 e. The van der Waals surface area contributed by atoms with Crippen LogP contribution in [-0.4, -0.2) is 17.6 Å². The van der Waals surface area contributed by atoms with E-state index < -0.39 is 0 Å². The highest BCUT2D eigenvalue weighted by molar-refractivity contribution is 6.29. The molecule has 96 valence electrons. The zero-order valence-corrected chi connectivity index (χ0v) is 11.7. The van der Waals surface area contributed by atoms with Crippen LogP contribution in [0.25, 0.3) is 0 Å². The van der Waals surface area contributed by atoms with Gasteiger partial charge < -0.3 is 0 Å². The Morgan fingerprint density at radius 2 is 1.94 bits per heavy atom. The number of hydrogen-bond acceptors (Lipinski definition) is 2. The first-order chi connectivity index (χ1) is 8.38. The van der Waals surface area contributed by atoms with Gasteiger partial charge in [0.25, 0.3) is 5.56 Å². The van der Waals surface area contributed by atoms with Gasteiger partial charge in [-0.25, -0.2) is 4.68 Å². The molecule has 0 saturated heterocycles. The van der Waals surface area contributed by atoms with Gasteiger partial charge in [0.2, 0.25) is 0 Å². The highest BCUT2D eigenvalue weighted by atomic mass is 35.5. The molecular formula is C13H18BClN2O. The van der Waals surface area contributed by atoms with Gasteiger partial charge in [-0.05, 0) is 37.7 Å². The van der Waals surface area contributed by atoms with E-state index in [1.807, 2.05) is 0 Å². The highest BCUT2D eigenvalue weighted by Crippen LogP contribution is 2.43. The van der Waals surface area contributed by atoms with Crippen LogP contribution in [0.5, 0.6) is 0 Å². The molecule has 0 aromatic carbocycles. The van der Waals surface area contributed by atoms with Gasteiger partial charge in [-0.1, -0.05) is 30.8 Å². The van der Waals surface area contributed by atoms with Crippen LogP contribution in [0.4, 0.5) is 0 Å². The van der Waals surface area contributed by atoms with E-state index in [0.717, 1.165) is 25.7 Å². The molecule has 2 radical (unpaired) electrons. The molecule has 18 heavy (non-hydrogen) atoms. The Kier molecular flexibility index (Phi) is 3.86. The standard InChI is InChI=1S/C13H18BClN2O/c1-13(2,14)9-3-5-10(6-4-9)17-12(18)8-7-11(15)16-17/h7-10H,3-6H2,1-2H3. The quantitative estimate of drug-likeness (QED) is 0.770. The number of aromatic nitrogens is 2. The molecule has 0 amide bonds. The van der Waals surface area contributed by atoms with E-state index >= 15 is 0 Å². The van der Waals surface area contributed by atoms with E-state index in [1.165, 1.54) is 16.8 Å². The van der Waals surface area contributed by atoms with E-state index in [-0.39, 0.29) is 16.9 Å². The molecule has 1 fully saturated rings. The summed E-state index contributed by atoms with van der Waals surface area (Å²) in [7, 11) is 6.14. The van der Waals surface area contributed by atoms with Gasteiger partial charge in [0.1, 0.15) is 5.15 Å². The second-order valence-corrected chi connectivity index (χ2v) is 6.15. The first-order valence-electron chi connectivity index (χ1n) is 6.42. The number of nitrogens with zero attached hydrogens (tertiary/aromatic N) is 2. The van der Waals surface area contributed by atoms with Crippen molar-refractivity contribution in [3.05, 3.63) is 27.6 Å². The molecule has 0 N–H and O–H groups in total. The van der Waals surface area contributed by atoms with Gasteiger partial charge in [0, 0.05) is 6.07 Å². The highest BCUT2D eigenvalue weighted by Gasteiger charge is 2.30. The van der Waals surface area contributed by atoms with Crippen molar-refractivity contribution in [2.75, 3.05) is 0 Å². The third kappa shape index (κ3) is 2.97. The van der Waals surface area contributed by atoms with Crippen LogP contribution in [-0.2, 0) is 0 Å². The second-order valence-electron chi connectivity index (χ2n) is 5.77. The Morgan fingerprint density at radius 1 is 1.33 bits per heavy atom. The summed E-state index contributed by atoms with van der Waals surface area (Å²) in [5.41, 5.74) is -0.0742. The van der Waals surface area contributed by atoms with Crippen molar-refractivity contribution in [1.82, 2.24) is 9.78 Å². The maximum Gasteiger partial charge on any atom is 0.267 e. The maximum absolute atomic E-state index is 11.8. The molecule has 3 nitrogen and oxygen atoms in total. The monoisotopic (exact) mass is 264 g/mol. The molecule has 1 aromatic heterocycles. The van der Waals surface area contributed by atoms with Crippen LogP contribution >= 0.6 is 11.6 Å². The number of hydrogen-bond donors (Lipinski definition) is 0. The number of rotatable bonds is 2. The molecule has 1 aliphatic rings. The molecule has 1 heterocycles. The van der Waals surface area contributed by atoms with E-state index in [9.17, 15) is 4.79 Å². The Labute approximate surface area is 114 Å². The van der Waals surface area contributed by atoms with Crippen LogP contribution in [0.1, 0.15) is 45.6 Å². The van der Waals surface area contributed by atoms with E-state index in [1.54, 1.807) is 0 Å². The first kappa shape index (κ1) is 13.7. The molecule has 0 aliphatic heterocycles. The Bertz CT molecular complexity index is 473. The predicted octanol–water partition coefficient (Wildman–Crippen LogP) is 3.00. The third-order valence-corrected chi connectivity index (χ3v) is 4.09. The van der Waals surface area contributed by atoms with Crippen LogP contribution in [0.15, 0.2) is 16.9 Å². The molecule has 1 aromatic rings. The molecule has 0 unspecified atom stereocenters. The molecule has 0 bridgehead atoms. The summed E-state index contributed by atoms with van der Waals surface area (Å²) in [6.07, 6.45) is 3.96. The first-order valence-corrected chi connectivity index (χ1v) is 6.80. The lowest BCUT2D eigenvalue weighted by atomic mass is 9.59. The lowest BCUT2D eigenvalue weighted by Crippen LogP contribution is -2.31. The fraction of sp³-hybridized carbons (Fsp3) is 0.692. The lowest BCUT2D eigenvalue weighted by Gasteiger charge is -2.37. The fourth-order valence-electron chi connectivity index (χ4n) is 2.73. The topological polar surface area (TPSA) is 34.9 Å². The van der Waals surface area contributed by atoms with Crippen LogP contribution in [0, 0.1) is 5.92 Å². The average Bonchev–Trinajstić information content (AvgIpc) is 2.31. The summed E-state index contributed by atoms with van der Waals surface area (Å²) in [5.74, 6) is 0.517. The molecule has 1 saturated carbocycles. The van der Waals surface area contributed by atoms with Crippen molar-refractivity contribution in [2.24, 2.45) is 5.92 Å². The zero-order valence-electron chi connectivity index (χ0n) is 10.9. The molecule has 2 rings (SSSR count). The summed E-state index contributed by atoms with van der Waals surface area (Å²) in [6.45, 7) is 4.14. The Hall–Kier alpha value is -0.765. The van der Waals surface area contributed by atoms with Gasteiger partial charge in [-0.3, -0.25) is 4.79 Å². The summed E-state index contributed by atoms with van der Waals surface area (Å²) < 4.78 is 1.53. The zero-order chi connectivity index (χ0) is 13.3. The van der Waals surface area contributed by atoms with Gasteiger partial charge >= 0.3 is 0 Å². The molecular weight excluding hydrogens is 246 g/mol. The summed E-state index contributed by atoms with van der Waals surface area (Å²) >= 11 is 5.85. The Balaban J connectivity index is 2.10. The summed E-state index contributed by atoms with van der Waals surface area (Å²) in [4.78, 5) is 11.8. The minimum absolute atomic E-state index is 0.0742. The summed E-state index contributed by atoms with van der Waals surface area (Å²) in [5, 5.41) is 4.35. The van der Waals surface area contributed by atoms with E-state index in [4.69, 9.17) is 19.4 Å². The van der Waals surface area contributed by atoms with Crippen LogP contribution in [0.3, 0.4) is 0 Å². The van der Waals surface area contributed by atoms with Gasteiger partial charge in [-0.15, -0.1) is 0 Å². The van der Waals surface area contributed by atoms with Crippen molar-refractivity contribution < 1.29 is 0 Å². The minimum atomic E-state index is -0.141. The van der Waals surface area contributed by atoms with Gasteiger partial charge in [0.15, 0.2) is 0 Å². The minimum Gasteiger partial charge on any atom is -0.268 e. The van der Waals surface area contributed by atoms with Crippen molar-refractivity contribution >= 4 is 19.4 Å². The van der Waals surface area contributed by atoms with Crippen LogP contribution in [0.2, 0.25) is 10.5 Å². The predicted molar refractivity (Wildman–Crippen MR) is 74.3 cm³/mol. The van der Waals surface area contributed by atoms with Gasteiger partial charge in [0.05, 0.1) is 13.9 Å². The molecule has 0 atom stereocenters. The normalized spacial score (nSPS) is 25.1. The van der Waals surface area contributed by atoms with E-state index in [0.29, 0.717) is 11.1 Å². The lowest BCUT2D eigenvalue weighted by molar-refractivity contribution is 0.220. The van der Waals surface area contributed by atoms with Gasteiger partial charge in [-0.2, -0.15) is 5.10 Å². The average molecular weight is 265 g/mol. The SMILES string of the molecule is [B]C(C)(C)C1CCC(n2nc(Cl)ccc2=O)CC1. The fourth-order valence-corrected chi connectivity index (χ4v) is 2.87. The van der Waals surface area contributed by atoms with Crippen molar-refractivity contribution in [1.29, 1.82) is 0 Å². The maximum atomic E-state index is 11.8. The Morgan fingerprint density at radius 3 is 2.50 bits per heavy atom. The largest absolute Gasteiger partial charge is 0.268 e. The van der Waals surface area contributed by atoms with E-state index in [2.05, 4.69) is 18.9 Å². The second kappa shape index (κ2) is 5.08. The van der Waals surface area contributed by atoms with Crippen molar-refractivity contribution in [3.8, 4) is 0 Å². The van der Waals surface area contributed by atoms with Crippen molar-refractivity contribution in [2.45, 2.75) is 50.9 Å². The molecule has 1 aliphatic carbocycles. The third-order valence-electron chi connectivity index (χ3n) is 3.89. The van der Waals surface area contributed by atoms with Crippen molar-refractivity contribution in [3.63, 3.8) is 0 Å². The summed E-state index contributed by atoms with van der Waals surface area (Å²) in [6, 6.07) is 3.18. The molecule has 0 spiro atoms. The molecule has 5 heteroatoms. The number of halogens is 1.